The third-order valence-corrected chi connectivity index (χ3v) is 2.17. The van der Waals surface area contributed by atoms with Crippen molar-refractivity contribution in [1.29, 1.82) is 0 Å². The zero-order valence-corrected chi connectivity index (χ0v) is 8.06. The summed E-state index contributed by atoms with van der Waals surface area (Å²) < 4.78 is 4.98. The quantitative estimate of drug-likeness (QED) is 0.600. The highest BCUT2D eigenvalue weighted by Gasteiger charge is 2.04. The monoisotopic (exact) mass is 202 g/mol. The lowest BCUT2D eigenvalue weighted by atomic mass is 10.1. The highest BCUT2D eigenvalue weighted by molar-refractivity contribution is 5.83. The largest absolute Gasteiger partial charge is 0.507 e. The van der Waals surface area contributed by atoms with Crippen LogP contribution in [0.5, 0.6) is 5.75 Å². The Kier molecular flexibility index (Phi) is 2.29. The fourth-order valence-corrected chi connectivity index (χ4v) is 1.48. The Morgan fingerprint density at radius 2 is 2.20 bits per heavy atom. The first-order valence-corrected chi connectivity index (χ1v) is 4.57. The summed E-state index contributed by atoms with van der Waals surface area (Å²) in [6, 6.07) is 6.39. The van der Waals surface area contributed by atoms with E-state index in [1.54, 1.807) is 18.2 Å². The third kappa shape index (κ3) is 1.76. The molecule has 3 heteroatoms. The van der Waals surface area contributed by atoms with Crippen molar-refractivity contribution >= 4 is 11.0 Å². The van der Waals surface area contributed by atoms with E-state index in [1.807, 2.05) is 6.07 Å². The van der Waals surface area contributed by atoms with Gasteiger partial charge >= 0.3 is 5.63 Å². The minimum absolute atomic E-state index is 0.0496. The lowest BCUT2D eigenvalue weighted by Gasteiger charge is -2.01. The molecule has 0 aliphatic carbocycles. The zero-order valence-electron chi connectivity index (χ0n) is 8.06. The van der Waals surface area contributed by atoms with Crippen molar-refractivity contribution in [1.82, 2.24) is 0 Å². The molecule has 0 atom stereocenters. The van der Waals surface area contributed by atoms with Crippen LogP contribution in [0, 0.1) is 0 Å². The van der Waals surface area contributed by atoms with Gasteiger partial charge in [0.15, 0.2) is 0 Å². The van der Waals surface area contributed by atoms with E-state index in [-0.39, 0.29) is 5.75 Å². The van der Waals surface area contributed by atoms with E-state index in [1.165, 1.54) is 0 Å². The van der Waals surface area contributed by atoms with E-state index in [2.05, 4.69) is 6.58 Å². The SMILES string of the molecule is C=CCc1ccc2c(O)cc(=O)oc2c1. The van der Waals surface area contributed by atoms with E-state index in [0.717, 1.165) is 11.6 Å². The first kappa shape index (κ1) is 9.52. The maximum Gasteiger partial charge on any atom is 0.339 e. The Bertz CT molecular complexity index is 567. The Morgan fingerprint density at radius 1 is 1.40 bits per heavy atom. The molecule has 0 amide bonds. The van der Waals surface area contributed by atoms with Gasteiger partial charge in [0.2, 0.25) is 0 Å². The van der Waals surface area contributed by atoms with Gasteiger partial charge in [-0.1, -0.05) is 12.1 Å². The normalized spacial score (nSPS) is 10.4. The van der Waals surface area contributed by atoms with Gasteiger partial charge in [0.25, 0.3) is 0 Å². The van der Waals surface area contributed by atoms with Gasteiger partial charge in [-0.25, -0.2) is 4.79 Å². The maximum absolute atomic E-state index is 11.0. The predicted octanol–water partition coefficient (Wildman–Crippen LogP) is 2.23. The molecule has 1 heterocycles. The summed E-state index contributed by atoms with van der Waals surface area (Å²) >= 11 is 0. The summed E-state index contributed by atoms with van der Waals surface area (Å²) in [5.74, 6) is -0.0496. The van der Waals surface area contributed by atoms with Crippen LogP contribution in [0.1, 0.15) is 5.56 Å². The van der Waals surface area contributed by atoms with Crippen LogP contribution in [0.15, 0.2) is 46.1 Å². The van der Waals surface area contributed by atoms with Crippen molar-refractivity contribution in [3.05, 3.63) is 52.9 Å². The molecule has 76 valence electrons. The van der Waals surface area contributed by atoms with Crippen LogP contribution in [0.4, 0.5) is 0 Å². The van der Waals surface area contributed by atoms with Crippen LogP contribution < -0.4 is 5.63 Å². The first-order valence-electron chi connectivity index (χ1n) is 4.57. The molecular weight excluding hydrogens is 192 g/mol. The molecule has 2 aromatic rings. The van der Waals surface area contributed by atoms with Gasteiger partial charge in [0.05, 0.1) is 11.5 Å². The van der Waals surface area contributed by atoms with E-state index < -0.39 is 5.63 Å². The number of aromatic hydroxyl groups is 1. The minimum atomic E-state index is -0.546. The van der Waals surface area contributed by atoms with Crippen LogP contribution in [0.2, 0.25) is 0 Å². The highest BCUT2D eigenvalue weighted by Crippen LogP contribution is 2.23. The lowest BCUT2D eigenvalue weighted by Crippen LogP contribution is -1.95. The Balaban J connectivity index is 2.70. The van der Waals surface area contributed by atoms with Crippen molar-refractivity contribution < 1.29 is 9.52 Å². The molecule has 0 radical (unpaired) electrons. The fourth-order valence-electron chi connectivity index (χ4n) is 1.48. The molecule has 0 spiro atoms. The molecule has 0 unspecified atom stereocenters. The number of hydrogen-bond donors (Lipinski definition) is 1. The molecule has 1 aromatic heterocycles. The van der Waals surface area contributed by atoms with Gasteiger partial charge in [-0.2, -0.15) is 0 Å². The van der Waals surface area contributed by atoms with Gasteiger partial charge in [-0.05, 0) is 24.1 Å². The third-order valence-electron chi connectivity index (χ3n) is 2.17. The van der Waals surface area contributed by atoms with Crippen LogP contribution in [-0.2, 0) is 6.42 Å². The second-order valence-corrected chi connectivity index (χ2v) is 3.27. The van der Waals surface area contributed by atoms with Gasteiger partial charge < -0.3 is 9.52 Å². The van der Waals surface area contributed by atoms with Gasteiger partial charge in [-0.15, -0.1) is 6.58 Å². The summed E-state index contributed by atoms with van der Waals surface area (Å²) in [4.78, 5) is 11.0. The zero-order chi connectivity index (χ0) is 10.8. The Labute approximate surface area is 86.3 Å². The van der Waals surface area contributed by atoms with Crippen LogP contribution in [0.3, 0.4) is 0 Å². The first-order chi connectivity index (χ1) is 7.20. The van der Waals surface area contributed by atoms with E-state index in [4.69, 9.17) is 4.42 Å². The number of benzene rings is 1. The van der Waals surface area contributed by atoms with E-state index in [9.17, 15) is 9.90 Å². The average Bonchev–Trinajstić information content (AvgIpc) is 2.17. The van der Waals surface area contributed by atoms with Crippen LogP contribution in [-0.4, -0.2) is 5.11 Å². The van der Waals surface area contributed by atoms with Crippen molar-refractivity contribution in [3.63, 3.8) is 0 Å². The predicted molar refractivity (Wildman–Crippen MR) is 58.0 cm³/mol. The van der Waals surface area contributed by atoms with Crippen LogP contribution in [0.25, 0.3) is 11.0 Å². The van der Waals surface area contributed by atoms with Gasteiger partial charge in [0.1, 0.15) is 11.3 Å². The number of hydrogen-bond acceptors (Lipinski definition) is 3. The lowest BCUT2D eigenvalue weighted by molar-refractivity contribution is 0.468. The highest BCUT2D eigenvalue weighted by atomic mass is 16.4. The number of fused-ring (bicyclic) bond motifs is 1. The molecule has 0 aliphatic rings. The number of allylic oxidation sites excluding steroid dienone is 1. The van der Waals surface area contributed by atoms with Crippen molar-refractivity contribution in [2.75, 3.05) is 0 Å². The maximum atomic E-state index is 11.0. The molecule has 15 heavy (non-hydrogen) atoms. The molecule has 0 saturated heterocycles. The van der Waals surface area contributed by atoms with E-state index >= 15 is 0 Å². The average molecular weight is 202 g/mol. The van der Waals surface area contributed by atoms with Crippen molar-refractivity contribution in [2.24, 2.45) is 0 Å². The van der Waals surface area contributed by atoms with E-state index in [0.29, 0.717) is 17.4 Å². The number of rotatable bonds is 2. The van der Waals surface area contributed by atoms with Crippen molar-refractivity contribution in [3.8, 4) is 5.75 Å². The molecule has 3 nitrogen and oxygen atoms in total. The molecule has 1 N–H and O–H groups in total. The Morgan fingerprint density at radius 3 is 2.93 bits per heavy atom. The molecule has 1 aromatic carbocycles. The Hall–Kier alpha value is -2.03. The summed E-state index contributed by atoms with van der Waals surface area (Å²) in [5, 5.41) is 10.0. The molecule has 0 saturated carbocycles. The second kappa shape index (κ2) is 3.61. The van der Waals surface area contributed by atoms with Gasteiger partial charge in [0, 0.05) is 0 Å². The molecular formula is C12H10O3. The molecule has 2 rings (SSSR count). The summed E-state index contributed by atoms with van der Waals surface area (Å²) in [6.07, 6.45) is 2.47. The smallest absolute Gasteiger partial charge is 0.339 e. The van der Waals surface area contributed by atoms with Gasteiger partial charge in [-0.3, -0.25) is 0 Å². The standard InChI is InChI=1S/C12H10O3/c1-2-3-8-4-5-9-10(13)7-12(14)15-11(9)6-8/h2,4-7,13H,1,3H2. The minimum Gasteiger partial charge on any atom is -0.507 e. The fraction of sp³-hybridized carbons (Fsp3) is 0.0833. The topological polar surface area (TPSA) is 50.4 Å². The molecule has 0 bridgehead atoms. The molecule has 0 aliphatic heterocycles. The summed E-state index contributed by atoms with van der Waals surface area (Å²) in [6.45, 7) is 3.63. The summed E-state index contributed by atoms with van der Waals surface area (Å²) in [7, 11) is 0. The second-order valence-electron chi connectivity index (χ2n) is 3.27. The summed E-state index contributed by atoms with van der Waals surface area (Å²) in [5.41, 5.74) is 0.848. The van der Waals surface area contributed by atoms with Crippen LogP contribution >= 0.6 is 0 Å². The molecule has 0 fully saturated rings. The van der Waals surface area contributed by atoms with Crippen molar-refractivity contribution in [2.45, 2.75) is 6.42 Å².